The highest BCUT2D eigenvalue weighted by molar-refractivity contribution is 5.70. The summed E-state index contributed by atoms with van der Waals surface area (Å²) in [6, 6.07) is 0. The molecule has 0 bridgehead atoms. The van der Waals surface area contributed by atoms with Crippen LogP contribution in [0.1, 0.15) is 70.0 Å². The molecule has 0 radical (unpaired) electrons. The minimum atomic E-state index is -0.218. The first kappa shape index (κ1) is 18.5. The molecule has 0 amide bonds. The van der Waals surface area contributed by atoms with E-state index in [9.17, 15) is 9.59 Å². The van der Waals surface area contributed by atoms with Crippen LogP contribution in [0.15, 0.2) is 9.59 Å². The third-order valence-corrected chi connectivity index (χ3v) is 6.12. The summed E-state index contributed by atoms with van der Waals surface area (Å²) in [5.74, 6) is 1.28. The molecule has 4 rings (SSSR count). The molecule has 2 aromatic rings. The van der Waals surface area contributed by atoms with Crippen LogP contribution in [0.5, 0.6) is 0 Å². The van der Waals surface area contributed by atoms with Gasteiger partial charge in [0.1, 0.15) is 11.3 Å². The molecule has 7 nitrogen and oxygen atoms in total. The fraction of sp³-hybridized carbons (Fsp3) is 0.750. The van der Waals surface area contributed by atoms with Crippen molar-refractivity contribution in [1.29, 1.82) is 0 Å². The van der Waals surface area contributed by atoms with E-state index in [0.29, 0.717) is 30.2 Å². The van der Waals surface area contributed by atoms with Gasteiger partial charge in [-0.1, -0.05) is 19.8 Å². The van der Waals surface area contributed by atoms with Crippen LogP contribution < -0.4 is 11.2 Å². The molecule has 0 unspecified atom stereocenters. The van der Waals surface area contributed by atoms with Gasteiger partial charge in [0.15, 0.2) is 5.65 Å². The van der Waals surface area contributed by atoms with Gasteiger partial charge in [-0.15, -0.1) is 0 Å². The van der Waals surface area contributed by atoms with Gasteiger partial charge in [0.25, 0.3) is 5.56 Å². The Morgan fingerprint density at radius 3 is 2.44 bits per heavy atom. The fourth-order valence-electron chi connectivity index (χ4n) is 4.66. The number of fused-ring (bicyclic) bond motifs is 1. The summed E-state index contributed by atoms with van der Waals surface area (Å²) in [6.07, 6.45) is 8.87. The maximum atomic E-state index is 13.0. The highest BCUT2D eigenvalue weighted by Crippen LogP contribution is 2.32. The molecule has 148 valence electrons. The highest BCUT2D eigenvalue weighted by atomic mass is 16.2. The van der Waals surface area contributed by atoms with Gasteiger partial charge in [-0.25, -0.2) is 9.78 Å². The normalized spacial score (nSPS) is 18.9. The lowest BCUT2D eigenvalue weighted by atomic mass is 10.1. The first-order chi connectivity index (χ1) is 13.2. The number of aryl methyl sites for hydroxylation is 1. The Bertz CT molecular complexity index is 897. The second-order valence-electron chi connectivity index (χ2n) is 8.10. The van der Waals surface area contributed by atoms with Crippen molar-refractivity contribution in [2.45, 2.75) is 77.3 Å². The van der Waals surface area contributed by atoms with Crippen molar-refractivity contribution < 1.29 is 0 Å². The number of rotatable bonds is 7. The highest BCUT2D eigenvalue weighted by Gasteiger charge is 2.23. The van der Waals surface area contributed by atoms with Crippen molar-refractivity contribution in [3.8, 4) is 0 Å². The Balaban J connectivity index is 1.69. The van der Waals surface area contributed by atoms with Gasteiger partial charge in [-0.2, -0.15) is 0 Å². The molecule has 0 aromatic carbocycles. The van der Waals surface area contributed by atoms with Crippen LogP contribution in [-0.4, -0.2) is 43.6 Å². The van der Waals surface area contributed by atoms with E-state index in [4.69, 9.17) is 4.98 Å². The van der Waals surface area contributed by atoms with Crippen molar-refractivity contribution in [3.63, 3.8) is 0 Å². The van der Waals surface area contributed by atoms with Crippen molar-refractivity contribution in [2.24, 2.45) is 0 Å². The molecule has 27 heavy (non-hydrogen) atoms. The average molecular weight is 374 g/mol. The van der Waals surface area contributed by atoms with E-state index in [1.165, 1.54) is 30.3 Å². The lowest BCUT2D eigenvalue weighted by Crippen LogP contribution is -2.40. The van der Waals surface area contributed by atoms with E-state index in [1.54, 1.807) is 4.57 Å². The molecular formula is C20H31N5O2. The van der Waals surface area contributed by atoms with Gasteiger partial charge in [0.2, 0.25) is 0 Å². The summed E-state index contributed by atoms with van der Waals surface area (Å²) in [5, 5.41) is 0. The monoisotopic (exact) mass is 373 g/mol. The molecular weight excluding hydrogens is 342 g/mol. The number of nitrogens with one attached hydrogen (secondary N) is 1. The minimum Gasteiger partial charge on any atom is -0.336 e. The molecule has 1 aliphatic carbocycles. The van der Waals surface area contributed by atoms with Crippen LogP contribution in [0, 0.1) is 0 Å². The zero-order chi connectivity index (χ0) is 18.8. The summed E-state index contributed by atoms with van der Waals surface area (Å²) < 4.78 is 3.12. The van der Waals surface area contributed by atoms with Crippen LogP contribution in [0.25, 0.3) is 11.2 Å². The van der Waals surface area contributed by atoms with Crippen molar-refractivity contribution in [3.05, 3.63) is 26.7 Å². The van der Waals surface area contributed by atoms with E-state index >= 15 is 0 Å². The standard InChI is InChI=1S/C20H31N5O2/c1-2-10-25-19(26)16-18(22-17(21-16)15-8-3-4-9-15)24(20(25)27)14-7-13-23-11-5-6-12-23/h15H,2-14H2,1H3,(H,21,22). The van der Waals surface area contributed by atoms with Crippen LogP contribution in [0.3, 0.4) is 0 Å². The maximum Gasteiger partial charge on any atom is 0.332 e. The van der Waals surface area contributed by atoms with E-state index < -0.39 is 0 Å². The third kappa shape index (κ3) is 3.61. The number of hydrogen-bond acceptors (Lipinski definition) is 4. The average Bonchev–Trinajstić information content (AvgIpc) is 3.41. The Labute approximate surface area is 159 Å². The number of aromatic nitrogens is 4. The molecule has 2 aliphatic rings. The van der Waals surface area contributed by atoms with Gasteiger partial charge in [0, 0.05) is 19.0 Å². The van der Waals surface area contributed by atoms with Crippen LogP contribution in [0.4, 0.5) is 0 Å². The van der Waals surface area contributed by atoms with Crippen LogP contribution in [-0.2, 0) is 13.1 Å². The van der Waals surface area contributed by atoms with Crippen LogP contribution >= 0.6 is 0 Å². The van der Waals surface area contributed by atoms with E-state index in [0.717, 1.165) is 51.1 Å². The molecule has 3 heterocycles. The fourth-order valence-corrected chi connectivity index (χ4v) is 4.66. The van der Waals surface area contributed by atoms with Gasteiger partial charge >= 0.3 is 5.69 Å². The van der Waals surface area contributed by atoms with E-state index in [2.05, 4.69) is 9.88 Å². The summed E-state index contributed by atoms with van der Waals surface area (Å²) in [4.78, 5) is 36.4. The zero-order valence-electron chi connectivity index (χ0n) is 16.4. The molecule has 1 saturated heterocycles. The predicted molar refractivity (Wildman–Crippen MR) is 106 cm³/mol. The molecule has 1 N–H and O–H groups in total. The number of aromatic amines is 1. The summed E-state index contributed by atoms with van der Waals surface area (Å²) in [6.45, 7) is 6.38. The van der Waals surface area contributed by atoms with Gasteiger partial charge < -0.3 is 9.88 Å². The van der Waals surface area contributed by atoms with Crippen molar-refractivity contribution in [2.75, 3.05) is 19.6 Å². The molecule has 2 aromatic heterocycles. The second kappa shape index (κ2) is 8.00. The number of imidazole rings is 1. The number of hydrogen-bond donors (Lipinski definition) is 1. The van der Waals surface area contributed by atoms with Gasteiger partial charge in [-0.05, 0) is 58.2 Å². The summed E-state index contributed by atoms with van der Waals surface area (Å²) >= 11 is 0. The Kier molecular flexibility index (Phi) is 5.48. The third-order valence-electron chi connectivity index (χ3n) is 6.12. The largest absolute Gasteiger partial charge is 0.336 e. The first-order valence-corrected chi connectivity index (χ1v) is 10.6. The Morgan fingerprint density at radius 1 is 1.00 bits per heavy atom. The molecule has 0 spiro atoms. The second-order valence-corrected chi connectivity index (χ2v) is 8.10. The lowest BCUT2D eigenvalue weighted by molar-refractivity contribution is 0.324. The van der Waals surface area contributed by atoms with Crippen molar-refractivity contribution in [1.82, 2.24) is 24.0 Å². The maximum absolute atomic E-state index is 13.0. The molecule has 1 aliphatic heterocycles. The zero-order valence-corrected chi connectivity index (χ0v) is 16.4. The quantitative estimate of drug-likeness (QED) is 0.809. The smallest absolute Gasteiger partial charge is 0.332 e. The molecule has 2 fully saturated rings. The molecule has 7 heteroatoms. The summed E-state index contributed by atoms with van der Waals surface area (Å²) in [5.41, 5.74) is 0.636. The number of likely N-dealkylation sites (tertiary alicyclic amines) is 1. The predicted octanol–water partition coefficient (Wildman–Crippen LogP) is 2.44. The van der Waals surface area contributed by atoms with Gasteiger partial charge in [0.05, 0.1) is 0 Å². The minimum absolute atomic E-state index is 0.208. The first-order valence-electron chi connectivity index (χ1n) is 10.6. The van der Waals surface area contributed by atoms with Gasteiger partial charge in [-0.3, -0.25) is 13.9 Å². The SMILES string of the molecule is CCCn1c(=O)c2[nH]c(C3CCCC3)nc2n(CCCN2CCCC2)c1=O. The van der Waals surface area contributed by atoms with E-state index in [-0.39, 0.29) is 11.2 Å². The Hall–Kier alpha value is -1.89. The van der Waals surface area contributed by atoms with Crippen LogP contribution in [0.2, 0.25) is 0 Å². The number of nitrogens with zero attached hydrogens (tertiary/aromatic N) is 4. The summed E-state index contributed by atoms with van der Waals surface area (Å²) in [7, 11) is 0. The molecule has 0 atom stereocenters. The molecule has 1 saturated carbocycles. The van der Waals surface area contributed by atoms with E-state index in [1.807, 2.05) is 6.92 Å². The topological polar surface area (TPSA) is 75.9 Å². The lowest BCUT2D eigenvalue weighted by Gasteiger charge is -2.15. The number of H-pyrrole nitrogens is 1. The Morgan fingerprint density at radius 2 is 1.74 bits per heavy atom. The van der Waals surface area contributed by atoms with Crippen molar-refractivity contribution >= 4 is 11.2 Å².